The molecule has 1 heterocycles. The third-order valence-electron chi connectivity index (χ3n) is 5.25. The maximum atomic E-state index is 3.85. The van der Waals surface area contributed by atoms with Crippen molar-refractivity contribution in [2.24, 2.45) is 0 Å². The van der Waals surface area contributed by atoms with Gasteiger partial charge in [0.15, 0.2) is 0 Å². The maximum Gasteiger partial charge on any atom is 0.0513 e. The predicted molar refractivity (Wildman–Crippen MR) is 101 cm³/mol. The topological polar surface area (TPSA) is 15.8 Å². The van der Waals surface area contributed by atoms with Crippen LogP contribution in [0.2, 0.25) is 0 Å². The molecule has 1 aromatic heterocycles. The van der Waals surface area contributed by atoms with Gasteiger partial charge in [0.05, 0.1) is 5.52 Å². The Morgan fingerprint density at radius 2 is 1.65 bits per heavy atom. The van der Waals surface area contributed by atoms with Gasteiger partial charge in [0.2, 0.25) is 0 Å². The lowest BCUT2D eigenvalue weighted by molar-refractivity contribution is 0.665. The normalized spacial score (nSPS) is 15.1. The molecule has 0 radical (unpaired) electrons. The van der Waals surface area contributed by atoms with Crippen LogP contribution >= 0.6 is 15.9 Å². The molecule has 0 spiro atoms. The first-order valence-electron chi connectivity index (χ1n) is 7.92. The Balaban J connectivity index is 2.04. The minimum Gasteiger partial charge on any atom is -0.354 e. The Bertz CT molecular complexity index is 1100. The van der Waals surface area contributed by atoms with Gasteiger partial charge < -0.3 is 4.98 Å². The standard InChI is InChI=1S/C21H16BrN/c1-21(2)15-9-5-3-8-13(15)18-16(22)11-14-12-7-4-6-10-17(12)23-20(14)19(18)21/h3-11,23H,1-2H3. The molecular formula is C21H16BrN. The number of H-pyrrole nitrogens is 1. The molecule has 0 aliphatic heterocycles. The summed E-state index contributed by atoms with van der Waals surface area (Å²) in [7, 11) is 0. The van der Waals surface area contributed by atoms with E-state index in [1.54, 1.807) is 0 Å². The summed E-state index contributed by atoms with van der Waals surface area (Å²) < 4.78 is 1.18. The second-order valence-corrected chi connectivity index (χ2v) is 7.73. The number of para-hydroxylation sites is 1. The molecule has 1 aliphatic rings. The molecule has 1 nitrogen and oxygen atoms in total. The Labute approximate surface area is 143 Å². The molecule has 0 saturated carbocycles. The van der Waals surface area contributed by atoms with Crippen molar-refractivity contribution in [3.63, 3.8) is 0 Å². The zero-order valence-electron chi connectivity index (χ0n) is 13.1. The van der Waals surface area contributed by atoms with Gasteiger partial charge in [0, 0.05) is 31.7 Å². The maximum absolute atomic E-state index is 3.85. The molecule has 0 atom stereocenters. The SMILES string of the molecule is CC1(C)c2ccccc2-c2c(Br)cc3c([nH]c4ccccc43)c21. The van der Waals surface area contributed by atoms with E-state index >= 15 is 0 Å². The van der Waals surface area contributed by atoms with Crippen molar-refractivity contribution in [3.8, 4) is 11.1 Å². The summed E-state index contributed by atoms with van der Waals surface area (Å²) in [5.41, 5.74) is 7.96. The van der Waals surface area contributed by atoms with E-state index in [0.29, 0.717) is 0 Å². The summed E-state index contributed by atoms with van der Waals surface area (Å²) >= 11 is 3.85. The van der Waals surface area contributed by atoms with Gasteiger partial charge in [0.1, 0.15) is 0 Å². The van der Waals surface area contributed by atoms with Crippen LogP contribution < -0.4 is 0 Å². The number of aromatic nitrogens is 1. The number of halogens is 1. The number of benzene rings is 3. The van der Waals surface area contributed by atoms with Crippen molar-refractivity contribution in [1.82, 2.24) is 4.98 Å². The van der Waals surface area contributed by atoms with Gasteiger partial charge in [-0.05, 0) is 28.8 Å². The fourth-order valence-corrected chi connectivity index (χ4v) is 4.86. The number of hydrogen-bond donors (Lipinski definition) is 1. The van der Waals surface area contributed by atoms with Gasteiger partial charge in [-0.1, -0.05) is 72.2 Å². The van der Waals surface area contributed by atoms with Crippen LogP contribution in [0, 0.1) is 0 Å². The predicted octanol–water partition coefficient (Wildman–Crippen LogP) is 6.39. The molecular weight excluding hydrogens is 346 g/mol. The lowest BCUT2D eigenvalue weighted by Gasteiger charge is -2.22. The molecule has 1 N–H and O–H groups in total. The van der Waals surface area contributed by atoms with E-state index in [-0.39, 0.29) is 5.41 Å². The molecule has 0 unspecified atom stereocenters. The molecule has 4 aromatic rings. The van der Waals surface area contributed by atoms with Crippen molar-refractivity contribution in [1.29, 1.82) is 0 Å². The number of rotatable bonds is 0. The van der Waals surface area contributed by atoms with Gasteiger partial charge >= 0.3 is 0 Å². The Morgan fingerprint density at radius 1 is 0.913 bits per heavy atom. The highest BCUT2D eigenvalue weighted by Gasteiger charge is 2.38. The Hall–Kier alpha value is -2.06. The van der Waals surface area contributed by atoms with Crippen molar-refractivity contribution >= 4 is 37.7 Å². The third-order valence-corrected chi connectivity index (χ3v) is 5.88. The van der Waals surface area contributed by atoms with Gasteiger partial charge in [0.25, 0.3) is 0 Å². The largest absolute Gasteiger partial charge is 0.354 e. The lowest BCUT2D eigenvalue weighted by atomic mass is 9.81. The first-order valence-corrected chi connectivity index (χ1v) is 8.71. The van der Waals surface area contributed by atoms with Crippen LogP contribution in [0.1, 0.15) is 25.0 Å². The molecule has 112 valence electrons. The average Bonchev–Trinajstić information content (AvgIpc) is 3.02. The zero-order valence-corrected chi connectivity index (χ0v) is 14.7. The van der Waals surface area contributed by atoms with Crippen LogP contribution in [0.15, 0.2) is 59.1 Å². The molecule has 3 aromatic carbocycles. The highest BCUT2D eigenvalue weighted by molar-refractivity contribution is 9.10. The highest BCUT2D eigenvalue weighted by Crippen LogP contribution is 2.54. The Kier molecular flexibility index (Phi) is 2.48. The van der Waals surface area contributed by atoms with Crippen LogP contribution in [0.25, 0.3) is 32.9 Å². The van der Waals surface area contributed by atoms with E-state index in [1.165, 1.54) is 48.5 Å². The van der Waals surface area contributed by atoms with Crippen molar-refractivity contribution in [3.05, 3.63) is 70.2 Å². The lowest BCUT2D eigenvalue weighted by Crippen LogP contribution is -2.15. The number of fused-ring (bicyclic) bond motifs is 7. The average molecular weight is 362 g/mol. The van der Waals surface area contributed by atoms with Crippen LogP contribution in [0.5, 0.6) is 0 Å². The fraction of sp³-hybridized carbons (Fsp3) is 0.143. The number of aromatic amines is 1. The van der Waals surface area contributed by atoms with Crippen LogP contribution in [0.4, 0.5) is 0 Å². The van der Waals surface area contributed by atoms with E-state index < -0.39 is 0 Å². The highest BCUT2D eigenvalue weighted by atomic mass is 79.9. The minimum absolute atomic E-state index is 0.00513. The summed E-state index contributed by atoms with van der Waals surface area (Å²) in [5, 5.41) is 2.59. The smallest absolute Gasteiger partial charge is 0.0513 e. The molecule has 0 bridgehead atoms. The second-order valence-electron chi connectivity index (χ2n) is 6.87. The summed E-state index contributed by atoms with van der Waals surface area (Å²) in [4.78, 5) is 3.68. The quantitative estimate of drug-likeness (QED) is 0.373. The van der Waals surface area contributed by atoms with Gasteiger partial charge in [-0.3, -0.25) is 0 Å². The molecule has 2 heteroatoms. The first-order chi connectivity index (χ1) is 11.1. The first kappa shape index (κ1) is 13.4. The van der Waals surface area contributed by atoms with E-state index in [4.69, 9.17) is 0 Å². The molecule has 1 aliphatic carbocycles. The molecule has 0 amide bonds. The monoisotopic (exact) mass is 361 g/mol. The van der Waals surface area contributed by atoms with E-state index in [0.717, 1.165) is 0 Å². The van der Waals surface area contributed by atoms with Crippen molar-refractivity contribution < 1.29 is 0 Å². The summed E-state index contributed by atoms with van der Waals surface area (Å²) in [6.45, 7) is 4.66. The van der Waals surface area contributed by atoms with Gasteiger partial charge in [-0.2, -0.15) is 0 Å². The van der Waals surface area contributed by atoms with Gasteiger partial charge in [-0.15, -0.1) is 0 Å². The molecule has 0 saturated heterocycles. The van der Waals surface area contributed by atoms with Crippen LogP contribution in [-0.2, 0) is 5.41 Å². The van der Waals surface area contributed by atoms with Crippen molar-refractivity contribution in [2.75, 3.05) is 0 Å². The number of nitrogens with one attached hydrogen (secondary N) is 1. The zero-order chi connectivity index (χ0) is 15.8. The molecule has 5 rings (SSSR count). The number of hydrogen-bond acceptors (Lipinski definition) is 0. The fourth-order valence-electron chi connectivity index (χ4n) is 4.22. The van der Waals surface area contributed by atoms with E-state index in [1.807, 2.05) is 0 Å². The summed E-state index contributed by atoms with van der Waals surface area (Å²) in [6.07, 6.45) is 0. The summed E-state index contributed by atoms with van der Waals surface area (Å²) in [6, 6.07) is 19.6. The van der Waals surface area contributed by atoms with Crippen LogP contribution in [-0.4, -0.2) is 4.98 Å². The molecule has 0 fully saturated rings. The minimum atomic E-state index is -0.00513. The summed E-state index contributed by atoms with van der Waals surface area (Å²) in [5.74, 6) is 0. The van der Waals surface area contributed by atoms with Gasteiger partial charge in [-0.25, -0.2) is 0 Å². The van der Waals surface area contributed by atoms with E-state index in [9.17, 15) is 0 Å². The van der Waals surface area contributed by atoms with Crippen LogP contribution in [0.3, 0.4) is 0 Å². The third kappa shape index (κ3) is 1.57. The molecule has 23 heavy (non-hydrogen) atoms. The van der Waals surface area contributed by atoms with E-state index in [2.05, 4.69) is 89.4 Å². The second kappa shape index (κ2) is 4.27. The Morgan fingerprint density at radius 3 is 2.52 bits per heavy atom. The van der Waals surface area contributed by atoms with Crippen molar-refractivity contribution in [2.45, 2.75) is 19.3 Å².